The number of aliphatic hydroxyl groups is 2. The summed E-state index contributed by atoms with van der Waals surface area (Å²) < 4.78 is 0. The van der Waals surface area contributed by atoms with Gasteiger partial charge in [-0.15, -0.1) is 0 Å². The van der Waals surface area contributed by atoms with Gasteiger partial charge in [0.05, 0.1) is 6.17 Å². The van der Waals surface area contributed by atoms with Crippen molar-refractivity contribution in [2.75, 3.05) is 14.1 Å². The Kier molecular flexibility index (Phi) is 9.64. The molecule has 18 heavy (non-hydrogen) atoms. The van der Waals surface area contributed by atoms with Crippen LogP contribution in [-0.4, -0.2) is 52.7 Å². The molecule has 0 aromatic heterocycles. The Labute approximate surface area is 113 Å². The van der Waals surface area contributed by atoms with Gasteiger partial charge in [0, 0.05) is 0 Å². The number of nitrogens with zero attached hydrogens (tertiary/aromatic N) is 2. The second-order valence-corrected chi connectivity index (χ2v) is 5.16. The third-order valence-corrected chi connectivity index (χ3v) is 3.42. The van der Waals surface area contributed by atoms with Crippen molar-refractivity contribution < 1.29 is 10.2 Å². The summed E-state index contributed by atoms with van der Waals surface area (Å²) in [6.07, 6.45) is 4.71. The summed E-state index contributed by atoms with van der Waals surface area (Å²) in [6, 6.07) is 0. The van der Waals surface area contributed by atoms with E-state index in [4.69, 9.17) is 0 Å². The largest absolute Gasteiger partial charge is 0.378 e. The van der Waals surface area contributed by atoms with Crippen molar-refractivity contribution in [1.29, 1.82) is 0 Å². The highest BCUT2D eigenvalue weighted by Gasteiger charge is 2.29. The van der Waals surface area contributed by atoms with Crippen LogP contribution in [0.4, 0.5) is 0 Å². The molecule has 0 bridgehead atoms. The highest BCUT2D eigenvalue weighted by molar-refractivity contribution is 4.74. The van der Waals surface area contributed by atoms with Gasteiger partial charge < -0.3 is 10.2 Å². The third kappa shape index (κ3) is 5.65. The molecule has 0 radical (unpaired) electrons. The molecule has 3 atom stereocenters. The van der Waals surface area contributed by atoms with Crippen LogP contribution in [0, 0.1) is 0 Å². The lowest BCUT2D eigenvalue weighted by atomic mass is 10.1. The summed E-state index contributed by atoms with van der Waals surface area (Å²) in [7, 11) is 4.02. The average Bonchev–Trinajstić information content (AvgIpc) is 2.36. The molecule has 0 amide bonds. The Morgan fingerprint density at radius 3 is 1.72 bits per heavy atom. The second kappa shape index (κ2) is 9.73. The lowest BCUT2D eigenvalue weighted by Gasteiger charge is -2.41. The SMILES string of the molecule is CCCCCC(N(C)C)N(C(O)CC)C(O)CC. The molecule has 0 heterocycles. The Hall–Kier alpha value is -0.160. The molecular formula is C14H32N2O2. The van der Waals surface area contributed by atoms with Crippen molar-refractivity contribution in [1.82, 2.24) is 9.80 Å². The molecule has 0 spiro atoms. The van der Waals surface area contributed by atoms with E-state index in [1.165, 1.54) is 12.8 Å². The van der Waals surface area contributed by atoms with Gasteiger partial charge in [-0.2, -0.15) is 0 Å². The summed E-state index contributed by atoms with van der Waals surface area (Å²) in [5.41, 5.74) is 0. The molecule has 0 saturated carbocycles. The van der Waals surface area contributed by atoms with E-state index in [1.54, 1.807) is 0 Å². The van der Waals surface area contributed by atoms with Gasteiger partial charge in [-0.3, -0.25) is 4.90 Å². The fourth-order valence-corrected chi connectivity index (χ4v) is 2.27. The maximum atomic E-state index is 10.1. The van der Waals surface area contributed by atoms with E-state index in [2.05, 4.69) is 11.8 Å². The molecule has 4 nitrogen and oxygen atoms in total. The van der Waals surface area contributed by atoms with Crippen molar-refractivity contribution in [3.05, 3.63) is 0 Å². The van der Waals surface area contributed by atoms with Crippen LogP contribution in [0.5, 0.6) is 0 Å². The van der Waals surface area contributed by atoms with Gasteiger partial charge in [-0.1, -0.05) is 40.0 Å². The zero-order valence-electron chi connectivity index (χ0n) is 12.8. The molecule has 3 unspecified atom stereocenters. The lowest BCUT2D eigenvalue weighted by molar-refractivity contribution is -0.156. The molecule has 0 aromatic rings. The molecule has 0 aromatic carbocycles. The molecule has 2 N–H and O–H groups in total. The van der Waals surface area contributed by atoms with E-state index in [1.807, 2.05) is 32.8 Å². The molecule has 0 rings (SSSR count). The van der Waals surface area contributed by atoms with E-state index in [0.29, 0.717) is 12.8 Å². The fourth-order valence-electron chi connectivity index (χ4n) is 2.27. The molecular weight excluding hydrogens is 228 g/mol. The van der Waals surface area contributed by atoms with Crippen molar-refractivity contribution in [3.8, 4) is 0 Å². The van der Waals surface area contributed by atoms with Gasteiger partial charge in [-0.05, 0) is 33.4 Å². The maximum absolute atomic E-state index is 10.1. The number of aliphatic hydroxyl groups excluding tert-OH is 2. The topological polar surface area (TPSA) is 46.9 Å². The Bertz CT molecular complexity index is 190. The van der Waals surface area contributed by atoms with Gasteiger partial charge >= 0.3 is 0 Å². The average molecular weight is 260 g/mol. The van der Waals surface area contributed by atoms with E-state index in [-0.39, 0.29) is 6.17 Å². The van der Waals surface area contributed by atoms with Gasteiger partial charge in [0.15, 0.2) is 0 Å². The molecule has 0 aliphatic heterocycles. The standard InChI is InChI=1S/C14H32N2O2/c1-6-9-10-11-12(15(4)5)16(13(17)7-2)14(18)8-3/h12-14,17-18H,6-11H2,1-5H3. The minimum absolute atomic E-state index is 0.0986. The minimum Gasteiger partial charge on any atom is -0.378 e. The molecule has 4 heteroatoms. The van der Waals surface area contributed by atoms with Crippen molar-refractivity contribution in [2.24, 2.45) is 0 Å². The highest BCUT2D eigenvalue weighted by Crippen LogP contribution is 2.19. The van der Waals surface area contributed by atoms with Gasteiger partial charge in [0.25, 0.3) is 0 Å². The summed E-state index contributed by atoms with van der Waals surface area (Å²) in [5, 5.41) is 20.3. The zero-order chi connectivity index (χ0) is 14.1. The first-order valence-electron chi connectivity index (χ1n) is 7.29. The first-order chi connectivity index (χ1) is 8.49. The van der Waals surface area contributed by atoms with Crippen LogP contribution in [-0.2, 0) is 0 Å². The van der Waals surface area contributed by atoms with E-state index < -0.39 is 12.5 Å². The summed E-state index contributed by atoms with van der Waals surface area (Å²) in [5.74, 6) is 0. The fraction of sp³-hybridized carbons (Fsp3) is 1.00. The highest BCUT2D eigenvalue weighted by atomic mass is 16.3. The lowest BCUT2D eigenvalue weighted by Crippen LogP contribution is -2.54. The third-order valence-electron chi connectivity index (χ3n) is 3.42. The molecule has 0 fully saturated rings. The molecule has 0 aliphatic carbocycles. The van der Waals surface area contributed by atoms with Crippen molar-refractivity contribution >= 4 is 0 Å². The van der Waals surface area contributed by atoms with Crippen LogP contribution in [0.25, 0.3) is 0 Å². The first-order valence-corrected chi connectivity index (χ1v) is 7.29. The maximum Gasteiger partial charge on any atom is 0.110 e. The summed E-state index contributed by atoms with van der Waals surface area (Å²) >= 11 is 0. The number of hydrogen-bond donors (Lipinski definition) is 2. The number of unbranched alkanes of at least 4 members (excludes halogenated alkanes) is 2. The smallest absolute Gasteiger partial charge is 0.110 e. The van der Waals surface area contributed by atoms with E-state index in [9.17, 15) is 10.2 Å². The van der Waals surface area contributed by atoms with Crippen LogP contribution in [0.1, 0.15) is 59.3 Å². The Morgan fingerprint density at radius 2 is 1.39 bits per heavy atom. The second-order valence-electron chi connectivity index (χ2n) is 5.16. The molecule has 0 aliphatic rings. The quantitative estimate of drug-likeness (QED) is 0.467. The van der Waals surface area contributed by atoms with Crippen molar-refractivity contribution in [3.63, 3.8) is 0 Å². The van der Waals surface area contributed by atoms with Crippen molar-refractivity contribution in [2.45, 2.75) is 77.9 Å². The van der Waals surface area contributed by atoms with E-state index in [0.717, 1.165) is 12.8 Å². The molecule has 0 saturated heterocycles. The number of rotatable bonds is 10. The van der Waals surface area contributed by atoms with Crippen LogP contribution < -0.4 is 0 Å². The van der Waals surface area contributed by atoms with Crippen LogP contribution >= 0.6 is 0 Å². The van der Waals surface area contributed by atoms with Crippen LogP contribution in [0.3, 0.4) is 0 Å². The van der Waals surface area contributed by atoms with Gasteiger partial charge in [0.1, 0.15) is 12.5 Å². The van der Waals surface area contributed by atoms with Crippen LogP contribution in [0.2, 0.25) is 0 Å². The van der Waals surface area contributed by atoms with Crippen LogP contribution in [0.15, 0.2) is 0 Å². The zero-order valence-corrected chi connectivity index (χ0v) is 12.8. The monoisotopic (exact) mass is 260 g/mol. The van der Waals surface area contributed by atoms with Gasteiger partial charge in [0.2, 0.25) is 0 Å². The number of hydrogen-bond acceptors (Lipinski definition) is 4. The van der Waals surface area contributed by atoms with Gasteiger partial charge in [-0.25, -0.2) is 4.90 Å². The first kappa shape index (κ1) is 17.8. The Morgan fingerprint density at radius 1 is 0.889 bits per heavy atom. The molecule has 110 valence electrons. The minimum atomic E-state index is -0.575. The predicted molar refractivity (Wildman–Crippen MR) is 76.1 cm³/mol. The summed E-state index contributed by atoms with van der Waals surface area (Å²) in [6.45, 7) is 6.07. The normalized spacial score (nSPS) is 17.2. The predicted octanol–water partition coefficient (Wildman–Crippen LogP) is 2.21. The Balaban J connectivity index is 4.74. The summed E-state index contributed by atoms with van der Waals surface area (Å²) in [4.78, 5) is 3.93. The van der Waals surface area contributed by atoms with E-state index >= 15 is 0 Å².